The molecule has 0 unspecified atom stereocenters. The fraction of sp³-hybridized carbons (Fsp3) is 0.762. The number of nitrogens with one attached hydrogen (secondary N) is 1. The Hall–Kier alpha value is -1.69. The van der Waals surface area contributed by atoms with Gasteiger partial charge in [0.25, 0.3) is 5.56 Å². The van der Waals surface area contributed by atoms with Gasteiger partial charge in [0, 0.05) is 12.1 Å². The zero-order valence-electron chi connectivity index (χ0n) is 16.3. The Balaban J connectivity index is 1.47. The molecule has 4 fully saturated rings. The summed E-state index contributed by atoms with van der Waals surface area (Å²) in [5.74, 6) is 1.26. The van der Waals surface area contributed by atoms with E-state index in [1.54, 1.807) is 6.92 Å². The Morgan fingerprint density at radius 2 is 2.11 bits per heavy atom. The highest BCUT2D eigenvalue weighted by Crippen LogP contribution is 2.68. The number of hydrogen-bond donors (Lipinski definition) is 2. The molecule has 4 saturated carbocycles. The first-order chi connectivity index (χ1) is 12.8. The molecule has 1 aromatic rings. The van der Waals surface area contributed by atoms with Crippen molar-refractivity contribution in [1.29, 1.82) is 0 Å². The number of H-pyrrole nitrogens is 1. The lowest BCUT2D eigenvalue weighted by molar-refractivity contribution is -0.210. The van der Waals surface area contributed by atoms with E-state index in [1.165, 1.54) is 6.42 Å². The lowest BCUT2D eigenvalue weighted by Gasteiger charge is -2.65. The second-order valence-corrected chi connectivity index (χ2v) is 9.92. The van der Waals surface area contributed by atoms with Gasteiger partial charge in [-0.05, 0) is 63.2 Å². The van der Waals surface area contributed by atoms with E-state index in [4.69, 9.17) is 0 Å². The normalized spacial score (nSPS) is 39.5. The van der Waals surface area contributed by atoms with Gasteiger partial charge in [-0.15, -0.1) is 0 Å². The van der Waals surface area contributed by atoms with Crippen LogP contribution in [0.1, 0.15) is 69.0 Å². The Labute approximate surface area is 159 Å². The van der Waals surface area contributed by atoms with Crippen molar-refractivity contribution in [2.45, 2.75) is 77.4 Å². The summed E-state index contributed by atoms with van der Waals surface area (Å²) < 4.78 is 0. The minimum atomic E-state index is -0.662. The molecule has 4 aliphatic carbocycles. The molecular weight excluding hydrogens is 342 g/mol. The lowest BCUT2D eigenvalue weighted by atomic mass is 9.42. The molecule has 1 aliphatic heterocycles. The van der Waals surface area contributed by atoms with E-state index >= 15 is 0 Å². The van der Waals surface area contributed by atoms with Crippen LogP contribution in [0.4, 0.5) is 0 Å². The summed E-state index contributed by atoms with van der Waals surface area (Å²) in [5.41, 5.74) is 0.439. The maximum Gasteiger partial charge on any atom is 0.254 e. The average molecular weight is 371 g/mol. The van der Waals surface area contributed by atoms with Crippen molar-refractivity contribution in [1.82, 2.24) is 14.9 Å². The number of fused-ring (bicyclic) bond motifs is 1. The monoisotopic (exact) mass is 371 g/mol. The second kappa shape index (κ2) is 5.43. The van der Waals surface area contributed by atoms with E-state index in [2.05, 4.69) is 16.9 Å². The van der Waals surface area contributed by atoms with Gasteiger partial charge >= 0.3 is 0 Å². The van der Waals surface area contributed by atoms with Crippen LogP contribution in [0.2, 0.25) is 0 Å². The quantitative estimate of drug-likeness (QED) is 0.833. The minimum Gasteiger partial charge on any atom is -0.390 e. The van der Waals surface area contributed by atoms with Crippen molar-refractivity contribution in [2.24, 2.45) is 16.7 Å². The fourth-order valence-corrected chi connectivity index (χ4v) is 7.29. The summed E-state index contributed by atoms with van der Waals surface area (Å²) in [6.45, 7) is 4.99. The van der Waals surface area contributed by atoms with Crippen LogP contribution in [-0.4, -0.2) is 38.0 Å². The Morgan fingerprint density at radius 3 is 2.85 bits per heavy atom. The van der Waals surface area contributed by atoms with Crippen molar-refractivity contribution in [3.05, 3.63) is 27.4 Å². The molecular formula is C21H29N3O3. The van der Waals surface area contributed by atoms with Crippen molar-refractivity contribution < 1.29 is 9.90 Å². The van der Waals surface area contributed by atoms with Crippen molar-refractivity contribution in [3.63, 3.8) is 0 Å². The van der Waals surface area contributed by atoms with Gasteiger partial charge in [-0.1, -0.05) is 13.3 Å². The zero-order chi connectivity index (χ0) is 19.0. The van der Waals surface area contributed by atoms with Crippen LogP contribution in [-0.2, 0) is 17.8 Å². The number of aliphatic hydroxyl groups is 1. The van der Waals surface area contributed by atoms with Crippen LogP contribution >= 0.6 is 0 Å². The third-order valence-electron chi connectivity index (χ3n) is 7.84. The molecule has 2 N–H and O–H groups in total. The predicted octanol–water partition coefficient (Wildman–Crippen LogP) is 2.07. The highest BCUT2D eigenvalue weighted by Gasteiger charge is 2.65. The zero-order valence-corrected chi connectivity index (χ0v) is 16.3. The molecule has 0 saturated heterocycles. The number of carbonyl (C=O) groups excluding carboxylic acids is 1. The van der Waals surface area contributed by atoms with Gasteiger partial charge in [0.15, 0.2) is 0 Å². The van der Waals surface area contributed by atoms with Gasteiger partial charge in [-0.3, -0.25) is 9.59 Å². The van der Waals surface area contributed by atoms with Gasteiger partial charge in [0.1, 0.15) is 5.82 Å². The second-order valence-electron chi connectivity index (χ2n) is 9.92. The van der Waals surface area contributed by atoms with Crippen LogP contribution in [0.3, 0.4) is 0 Å². The first-order valence-electron chi connectivity index (χ1n) is 10.4. The summed E-state index contributed by atoms with van der Waals surface area (Å²) in [6.07, 6.45) is 6.94. The molecule has 6 rings (SSSR count). The topological polar surface area (TPSA) is 86.3 Å². The molecule has 4 bridgehead atoms. The number of aromatic amines is 1. The van der Waals surface area contributed by atoms with Gasteiger partial charge in [0.05, 0.1) is 23.3 Å². The Morgan fingerprint density at radius 1 is 1.30 bits per heavy atom. The Kier molecular flexibility index (Phi) is 3.50. The highest BCUT2D eigenvalue weighted by atomic mass is 16.3. The smallest absolute Gasteiger partial charge is 0.254 e. The molecule has 5 aliphatic rings. The number of rotatable bonds is 2. The van der Waals surface area contributed by atoms with Crippen molar-refractivity contribution in [3.8, 4) is 0 Å². The summed E-state index contributed by atoms with van der Waals surface area (Å²) in [4.78, 5) is 35.1. The van der Waals surface area contributed by atoms with E-state index in [0.717, 1.165) is 43.4 Å². The van der Waals surface area contributed by atoms with Crippen molar-refractivity contribution in [2.75, 3.05) is 6.54 Å². The lowest BCUT2D eigenvalue weighted by Crippen LogP contribution is -2.64. The number of aryl methyl sites for hydroxylation is 1. The molecule has 1 aromatic heterocycles. The van der Waals surface area contributed by atoms with Gasteiger partial charge in [-0.25, -0.2) is 4.98 Å². The molecule has 2 heterocycles. The predicted molar refractivity (Wildman–Crippen MR) is 100 cm³/mol. The van der Waals surface area contributed by atoms with Gasteiger partial charge < -0.3 is 15.0 Å². The fourth-order valence-electron chi connectivity index (χ4n) is 7.29. The van der Waals surface area contributed by atoms with Gasteiger partial charge in [-0.2, -0.15) is 0 Å². The molecule has 0 spiro atoms. The third kappa shape index (κ3) is 2.52. The summed E-state index contributed by atoms with van der Waals surface area (Å²) >= 11 is 0. The molecule has 0 radical (unpaired) electrons. The van der Waals surface area contributed by atoms with Crippen LogP contribution in [0, 0.1) is 23.7 Å². The van der Waals surface area contributed by atoms with Crippen molar-refractivity contribution >= 4 is 5.91 Å². The number of amides is 1. The van der Waals surface area contributed by atoms with E-state index in [1.807, 2.05) is 4.90 Å². The minimum absolute atomic E-state index is 0.0707. The van der Waals surface area contributed by atoms with E-state index in [0.29, 0.717) is 37.7 Å². The molecule has 4 atom stereocenters. The standard InChI is InChI=1S/C21H29N3O3/c1-3-19-6-14-7-20(10-19,12-21(27,8-14)11-19)18(26)24-5-4-15-16(9-24)22-13(2)23-17(15)25/h14,27H,3-12H2,1-2H3,(H,22,23,25)/t14-,19+,20-,21-/m1/s1. The van der Waals surface area contributed by atoms with Gasteiger partial charge in [0.2, 0.25) is 5.91 Å². The van der Waals surface area contributed by atoms with E-state index in [-0.39, 0.29) is 16.9 Å². The van der Waals surface area contributed by atoms with Crippen LogP contribution < -0.4 is 5.56 Å². The molecule has 6 nitrogen and oxygen atoms in total. The van der Waals surface area contributed by atoms with E-state index in [9.17, 15) is 14.7 Å². The first kappa shape index (κ1) is 17.4. The molecule has 146 valence electrons. The largest absolute Gasteiger partial charge is 0.390 e. The van der Waals surface area contributed by atoms with Crippen LogP contribution in [0.5, 0.6) is 0 Å². The highest BCUT2D eigenvalue weighted by molar-refractivity contribution is 5.84. The molecule has 6 heteroatoms. The molecule has 0 aromatic carbocycles. The van der Waals surface area contributed by atoms with E-state index < -0.39 is 11.0 Å². The first-order valence-corrected chi connectivity index (χ1v) is 10.4. The SMILES string of the molecule is CC[C@@]12C[C@H]3C[C@@](O)(C1)C[C@@](C(=O)N1CCc4c(nc(C)[nH]c4=O)C1)(C3)C2. The van der Waals surface area contributed by atoms with Crippen LogP contribution in [0.15, 0.2) is 4.79 Å². The number of aromatic nitrogens is 2. The Bertz CT molecular complexity index is 880. The van der Waals surface area contributed by atoms with Crippen LogP contribution in [0.25, 0.3) is 0 Å². The average Bonchev–Trinajstić information content (AvgIpc) is 2.58. The number of carbonyl (C=O) groups is 1. The summed E-state index contributed by atoms with van der Waals surface area (Å²) in [5, 5.41) is 11.2. The maximum absolute atomic E-state index is 13.7. The maximum atomic E-state index is 13.7. The third-order valence-corrected chi connectivity index (χ3v) is 7.84. The summed E-state index contributed by atoms with van der Waals surface area (Å²) in [6, 6.07) is 0. The summed E-state index contributed by atoms with van der Waals surface area (Å²) in [7, 11) is 0. The number of nitrogens with zero attached hydrogens (tertiary/aromatic N) is 2. The number of hydrogen-bond acceptors (Lipinski definition) is 4. The molecule has 27 heavy (non-hydrogen) atoms. The molecule has 1 amide bonds.